The average Bonchev–Trinajstić information content (AvgIpc) is 2.34. The van der Waals surface area contributed by atoms with Gasteiger partial charge in [-0.3, -0.25) is 0 Å². The van der Waals surface area contributed by atoms with Gasteiger partial charge in [0.15, 0.2) is 6.10 Å². The number of hydrogen-bond acceptors (Lipinski definition) is 1. The molecule has 17 heavy (non-hydrogen) atoms. The van der Waals surface area contributed by atoms with Gasteiger partial charge in [0, 0.05) is 0 Å². The number of halogens is 6. The molecule has 0 spiro atoms. The predicted octanol–water partition coefficient (Wildman–Crippen LogP) is 3.52. The van der Waals surface area contributed by atoms with E-state index in [0.29, 0.717) is 0 Å². The quantitative estimate of drug-likeness (QED) is 0.718. The first-order chi connectivity index (χ1) is 7.15. The molecule has 1 saturated carbocycles. The molecule has 1 atom stereocenters. The maximum Gasteiger partial charge on any atom is 0.415 e. The Bertz CT molecular complexity index is 311. The van der Waals surface area contributed by atoms with Crippen molar-refractivity contribution in [1.82, 2.24) is 0 Å². The van der Waals surface area contributed by atoms with E-state index in [1.165, 1.54) is 0 Å². The van der Waals surface area contributed by atoms with Crippen molar-refractivity contribution in [2.75, 3.05) is 0 Å². The largest absolute Gasteiger partial charge is 0.415 e. The summed E-state index contributed by atoms with van der Waals surface area (Å²) >= 11 is 0. The highest BCUT2D eigenvalue weighted by Gasteiger charge is 2.92. The van der Waals surface area contributed by atoms with E-state index in [1.54, 1.807) is 0 Å². The molecule has 1 rings (SSSR count). The molecule has 0 radical (unpaired) electrons. The van der Waals surface area contributed by atoms with Gasteiger partial charge in [0.05, 0.1) is 0 Å². The second-order valence-corrected chi connectivity index (χ2v) is 5.50. The molecule has 1 aliphatic rings. The van der Waals surface area contributed by atoms with Crippen LogP contribution in [0.15, 0.2) is 0 Å². The number of alkyl halides is 6. The zero-order chi connectivity index (χ0) is 14.1. The SMILES string of the molecule is CC1(C)C(C)(C)C1(C(O)C(F)(F)F)C(F)(F)F. The lowest BCUT2D eigenvalue weighted by Crippen LogP contribution is -2.49. The molecule has 7 heteroatoms. The molecule has 1 fully saturated rings. The highest BCUT2D eigenvalue weighted by atomic mass is 19.4. The third-order valence-corrected chi connectivity index (χ3v) is 4.64. The van der Waals surface area contributed by atoms with Crippen molar-refractivity contribution in [2.45, 2.75) is 46.2 Å². The molecule has 102 valence electrons. The fourth-order valence-electron chi connectivity index (χ4n) is 3.15. The normalized spacial score (nSPS) is 27.7. The number of hydrogen-bond donors (Lipinski definition) is 1. The first-order valence-corrected chi connectivity index (χ1v) is 4.97. The molecule has 0 aromatic rings. The topological polar surface area (TPSA) is 20.2 Å². The van der Waals surface area contributed by atoms with Gasteiger partial charge >= 0.3 is 12.4 Å². The monoisotopic (exact) mass is 264 g/mol. The minimum atomic E-state index is -5.29. The highest BCUT2D eigenvalue weighted by Crippen LogP contribution is 2.85. The van der Waals surface area contributed by atoms with Crippen LogP contribution in [0.4, 0.5) is 26.3 Å². The zero-order valence-electron chi connectivity index (χ0n) is 9.79. The first-order valence-electron chi connectivity index (χ1n) is 4.97. The molecule has 1 N–H and O–H groups in total. The average molecular weight is 264 g/mol. The standard InChI is InChI=1S/C10H14F6O/c1-6(2)7(3,4)8(6,10(14,15)16)5(17)9(11,12)13/h5,17H,1-4H3. The summed E-state index contributed by atoms with van der Waals surface area (Å²) < 4.78 is 76.4. The van der Waals surface area contributed by atoms with Gasteiger partial charge in [-0.15, -0.1) is 0 Å². The van der Waals surface area contributed by atoms with Crippen LogP contribution in [0, 0.1) is 16.2 Å². The van der Waals surface area contributed by atoms with Crippen molar-refractivity contribution >= 4 is 0 Å². The van der Waals surface area contributed by atoms with Crippen LogP contribution in [-0.4, -0.2) is 23.6 Å². The number of aliphatic hydroxyl groups excluding tert-OH is 1. The molecule has 0 heterocycles. The first kappa shape index (κ1) is 14.6. The minimum Gasteiger partial charge on any atom is -0.383 e. The Balaban J connectivity index is 3.39. The Morgan fingerprint density at radius 3 is 1.18 bits per heavy atom. The van der Waals surface area contributed by atoms with Crippen molar-refractivity contribution in [3.8, 4) is 0 Å². The Kier molecular flexibility index (Phi) is 2.66. The van der Waals surface area contributed by atoms with E-state index in [4.69, 9.17) is 5.11 Å². The summed E-state index contributed by atoms with van der Waals surface area (Å²) in [6, 6.07) is 0. The van der Waals surface area contributed by atoms with Gasteiger partial charge in [0.1, 0.15) is 5.41 Å². The second-order valence-electron chi connectivity index (χ2n) is 5.50. The Morgan fingerprint density at radius 1 is 0.824 bits per heavy atom. The molecular formula is C10H14F6O. The van der Waals surface area contributed by atoms with E-state index in [2.05, 4.69) is 0 Å². The summed E-state index contributed by atoms with van der Waals surface area (Å²) in [7, 11) is 0. The van der Waals surface area contributed by atoms with Crippen LogP contribution in [0.2, 0.25) is 0 Å². The van der Waals surface area contributed by atoms with Gasteiger partial charge in [-0.25, -0.2) is 0 Å². The fraction of sp³-hybridized carbons (Fsp3) is 1.00. The van der Waals surface area contributed by atoms with Crippen LogP contribution in [0.1, 0.15) is 27.7 Å². The van der Waals surface area contributed by atoms with Crippen LogP contribution in [-0.2, 0) is 0 Å². The van der Waals surface area contributed by atoms with E-state index in [1.807, 2.05) is 0 Å². The third kappa shape index (κ3) is 1.37. The lowest BCUT2D eigenvalue weighted by molar-refractivity contribution is -0.300. The van der Waals surface area contributed by atoms with Crippen LogP contribution in [0.5, 0.6) is 0 Å². The number of aliphatic hydroxyl groups is 1. The molecule has 0 amide bonds. The molecule has 0 bridgehead atoms. The van der Waals surface area contributed by atoms with Gasteiger partial charge in [0.25, 0.3) is 0 Å². The smallest absolute Gasteiger partial charge is 0.383 e. The van der Waals surface area contributed by atoms with Crippen molar-refractivity contribution in [3.05, 3.63) is 0 Å². The number of rotatable bonds is 1. The van der Waals surface area contributed by atoms with Crippen molar-refractivity contribution < 1.29 is 31.4 Å². The van der Waals surface area contributed by atoms with Crippen LogP contribution < -0.4 is 0 Å². The van der Waals surface area contributed by atoms with Crippen molar-refractivity contribution in [3.63, 3.8) is 0 Å². The van der Waals surface area contributed by atoms with Crippen LogP contribution in [0.25, 0.3) is 0 Å². The fourth-order valence-corrected chi connectivity index (χ4v) is 3.15. The Hall–Kier alpha value is -0.460. The molecule has 0 aliphatic heterocycles. The summed E-state index contributed by atoms with van der Waals surface area (Å²) in [5, 5.41) is 9.14. The van der Waals surface area contributed by atoms with Gasteiger partial charge < -0.3 is 5.11 Å². The maximum atomic E-state index is 13.0. The van der Waals surface area contributed by atoms with E-state index in [9.17, 15) is 26.3 Å². The summed E-state index contributed by atoms with van der Waals surface area (Å²) in [6.07, 6.45) is -13.8. The lowest BCUT2D eigenvalue weighted by Gasteiger charge is -2.31. The second kappa shape index (κ2) is 3.10. The van der Waals surface area contributed by atoms with Gasteiger partial charge in [-0.2, -0.15) is 26.3 Å². The highest BCUT2D eigenvalue weighted by molar-refractivity contribution is 5.30. The third-order valence-electron chi connectivity index (χ3n) is 4.64. The van der Waals surface area contributed by atoms with E-state index >= 15 is 0 Å². The molecule has 1 unspecified atom stereocenters. The van der Waals surface area contributed by atoms with E-state index in [-0.39, 0.29) is 0 Å². The van der Waals surface area contributed by atoms with Crippen molar-refractivity contribution in [2.24, 2.45) is 16.2 Å². The van der Waals surface area contributed by atoms with Crippen molar-refractivity contribution in [1.29, 1.82) is 0 Å². The molecule has 0 aromatic heterocycles. The van der Waals surface area contributed by atoms with Crippen LogP contribution >= 0.6 is 0 Å². The minimum absolute atomic E-state index is 1.09. The van der Waals surface area contributed by atoms with E-state index < -0.39 is 34.7 Å². The van der Waals surface area contributed by atoms with Gasteiger partial charge in [-0.05, 0) is 10.8 Å². The summed E-state index contributed by atoms with van der Waals surface area (Å²) in [4.78, 5) is 0. The van der Waals surface area contributed by atoms with Gasteiger partial charge in [0.2, 0.25) is 0 Å². The molecule has 1 nitrogen and oxygen atoms in total. The summed E-state index contributed by atoms with van der Waals surface area (Å²) in [5.41, 5.74) is -6.49. The summed E-state index contributed by atoms with van der Waals surface area (Å²) in [5.74, 6) is 0. The Labute approximate surface area is 94.8 Å². The lowest BCUT2D eigenvalue weighted by atomic mass is 9.86. The van der Waals surface area contributed by atoms with E-state index in [0.717, 1.165) is 27.7 Å². The molecule has 0 aromatic carbocycles. The molecule has 1 aliphatic carbocycles. The Morgan fingerprint density at radius 2 is 1.12 bits per heavy atom. The predicted molar refractivity (Wildman–Crippen MR) is 48.1 cm³/mol. The van der Waals surface area contributed by atoms with Gasteiger partial charge in [-0.1, -0.05) is 27.7 Å². The summed E-state index contributed by atoms with van der Waals surface area (Å²) in [6.45, 7) is 4.37. The maximum absolute atomic E-state index is 13.0. The molecule has 0 saturated heterocycles. The zero-order valence-corrected chi connectivity index (χ0v) is 9.79. The molecular weight excluding hydrogens is 250 g/mol. The van der Waals surface area contributed by atoms with Crippen LogP contribution in [0.3, 0.4) is 0 Å².